The number of amides is 1. The van der Waals surface area contributed by atoms with Crippen LogP contribution in [-0.4, -0.2) is 33.9 Å². The summed E-state index contributed by atoms with van der Waals surface area (Å²) < 4.78 is 0. The molecule has 1 aromatic carbocycles. The molecule has 1 saturated heterocycles. The average molecular weight is 379 g/mol. The van der Waals surface area contributed by atoms with Gasteiger partial charge in [0, 0.05) is 41.5 Å². The van der Waals surface area contributed by atoms with E-state index in [0.29, 0.717) is 0 Å². The summed E-state index contributed by atoms with van der Waals surface area (Å²) >= 11 is 1.57. The highest BCUT2D eigenvalue weighted by molar-refractivity contribution is 7.07. The van der Waals surface area contributed by atoms with E-state index in [1.165, 1.54) is 5.56 Å². The van der Waals surface area contributed by atoms with E-state index in [1.807, 2.05) is 47.4 Å². The van der Waals surface area contributed by atoms with E-state index in [4.69, 9.17) is 0 Å². The van der Waals surface area contributed by atoms with Gasteiger partial charge in [-0.2, -0.15) is 0 Å². The lowest BCUT2D eigenvalue weighted by atomic mass is 9.95. The largest absolute Gasteiger partial charge is 0.326 e. The van der Waals surface area contributed by atoms with Crippen LogP contribution >= 0.6 is 11.3 Å². The number of carbonyl (C=O) groups excluding carboxylic acids is 1. The summed E-state index contributed by atoms with van der Waals surface area (Å²) in [6, 6.07) is 12.0. The number of anilines is 1. The van der Waals surface area contributed by atoms with Crippen molar-refractivity contribution in [3.8, 4) is 11.3 Å². The van der Waals surface area contributed by atoms with Crippen LogP contribution in [0.3, 0.4) is 0 Å². The Bertz CT molecular complexity index is 874. The first kappa shape index (κ1) is 17.8. The summed E-state index contributed by atoms with van der Waals surface area (Å²) in [5.74, 6) is 0.185. The molecule has 1 N–H and O–H groups in total. The van der Waals surface area contributed by atoms with Crippen LogP contribution in [0, 0.1) is 5.92 Å². The fourth-order valence-corrected chi connectivity index (χ4v) is 4.02. The molecule has 4 rings (SSSR count). The molecule has 138 valence electrons. The van der Waals surface area contributed by atoms with Crippen molar-refractivity contribution in [2.45, 2.75) is 19.4 Å². The Hall–Kier alpha value is -2.57. The number of thiazole rings is 1. The summed E-state index contributed by atoms with van der Waals surface area (Å²) in [5, 5.41) is 5.10. The number of carbonyl (C=O) groups is 1. The van der Waals surface area contributed by atoms with E-state index in [0.717, 1.165) is 49.4 Å². The zero-order valence-electron chi connectivity index (χ0n) is 15.0. The molecular formula is C21H22N4OS. The van der Waals surface area contributed by atoms with Gasteiger partial charge in [-0.05, 0) is 49.7 Å². The molecule has 1 amide bonds. The second-order valence-corrected chi connectivity index (χ2v) is 7.57. The van der Waals surface area contributed by atoms with Crippen molar-refractivity contribution < 1.29 is 4.79 Å². The summed E-state index contributed by atoms with van der Waals surface area (Å²) in [7, 11) is 0. The van der Waals surface area contributed by atoms with Gasteiger partial charge >= 0.3 is 0 Å². The third-order valence-corrected chi connectivity index (χ3v) is 5.53. The zero-order chi connectivity index (χ0) is 18.5. The fraction of sp³-hybridized carbons (Fsp3) is 0.286. The summed E-state index contributed by atoms with van der Waals surface area (Å²) in [6.45, 7) is 2.77. The van der Waals surface area contributed by atoms with Gasteiger partial charge in [0.05, 0.1) is 11.2 Å². The molecule has 0 saturated carbocycles. The number of nitrogens with zero attached hydrogens (tertiary/aromatic N) is 3. The average Bonchev–Trinajstić information content (AvgIpc) is 3.24. The Morgan fingerprint density at radius 2 is 2.11 bits per heavy atom. The molecule has 1 aliphatic rings. The highest BCUT2D eigenvalue weighted by atomic mass is 32.1. The maximum Gasteiger partial charge on any atom is 0.227 e. The number of aromatic nitrogens is 2. The molecular weight excluding hydrogens is 356 g/mol. The number of benzene rings is 1. The van der Waals surface area contributed by atoms with Crippen LogP contribution in [0.15, 0.2) is 59.7 Å². The number of nitrogens with one attached hydrogen (secondary N) is 1. The molecule has 0 unspecified atom stereocenters. The Morgan fingerprint density at radius 1 is 1.22 bits per heavy atom. The van der Waals surface area contributed by atoms with Gasteiger partial charge in [-0.15, -0.1) is 11.3 Å². The third-order valence-electron chi connectivity index (χ3n) is 4.95. The van der Waals surface area contributed by atoms with Crippen molar-refractivity contribution in [2.24, 2.45) is 5.92 Å². The van der Waals surface area contributed by atoms with E-state index in [1.54, 1.807) is 17.5 Å². The molecule has 5 nitrogen and oxygen atoms in total. The maximum atomic E-state index is 12.7. The number of piperidine rings is 1. The van der Waals surface area contributed by atoms with E-state index in [9.17, 15) is 4.79 Å². The van der Waals surface area contributed by atoms with Gasteiger partial charge in [0.2, 0.25) is 5.91 Å². The lowest BCUT2D eigenvalue weighted by molar-refractivity contribution is -0.121. The van der Waals surface area contributed by atoms with Crippen LogP contribution in [0.25, 0.3) is 11.3 Å². The van der Waals surface area contributed by atoms with E-state index < -0.39 is 0 Å². The molecule has 0 aliphatic carbocycles. The molecule has 0 atom stereocenters. The number of pyridine rings is 1. The van der Waals surface area contributed by atoms with E-state index in [2.05, 4.69) is 26.3 Å². The molecule has 3 heterocycles. The third kappa shape index (κ3) is 4.59. The maximum absolute atomic E-state index is 12.7. The van der Waals surface area contributed by atoms with Crippen LogP contribution in [0.1, 0.15) is 18.4 Å². The molecule has 6 heteroatoms. The molecule has 1 fully saturated rings. The number of likely N-dealkylation sites (tertiary alicyclic amines) is 1. The Labute approximate surface area is 163 Å². The lowest BCUT2D eigenvalue weighted by Gasteiger charge is -2.31. The molecule has 0 bridgehead atoms. The van der Waals surface area contributed by atoms with E-state index >= 15 is 0 Å². The number of hydrogen-bond acceptors (Lipinski definition) is 5. The first-order valence-electron chi connectivity index (χ1n) is 9.19. The molecule has 1 aliphatic heterocycles. The molecule has 0 radical (unpaired) electrons. The first-order chi connectivity index (χ1) is 13.3. The van der Waals surface area contributed by atoms with E-state index in [-0.39, 0.29) is 11.8 Å². The monoisotopic (exact) mass is 378 g/mol. The normalized spacial score (nSPS) is 15.6. The SMILES string of the molecule is O=C(Nc1cccc(-c2cscn2)c1)C1CCN(Cc2cccnc2)CC1. The topological polar surface area (TPSA) is 58.1 Å². The quantitative estimate of drug-likeness (QED) is 0.727. The van der Waals surface area contributed by atoms with Crippen molar-refractivity contribution >= 4 is 22.9 Å². The Morgan fingerprint density at radius 3 is 2.85 bits per heavy atom. The smallest absolute Gasteiger partial charge is 0.227 e. The van der Waals surface area contributed by atoms with Crippen LogP contribution in [0.4, 0.5) is 5.69 Å². The van der Waals surface area contributed by atoms with Gasteiger partial charge in [0.15, 0.2) is 0 Å². The van der Waals surface area contributed by atoms with Crippen LogP contribution in [-0.2, 0) is 11.3 Å². The zero-order valence-corrected chi connectivity index (χ0v) is 15.9. The standard InChI is InChI=1S/C21H22N4OS/c26-21(24-19-5-1-4-18(11-19)20-14-27-15-23-20)17-6-9-25(10-7-17)13-16-3-2-8-22-12-16/h1-5,8,11-12,14-15,17H,6-7,9-10,13H2,(H,24,26). The van der Waals surface area contributed by atoms with Crippen molar-refractivity contribution in [3.63, 3.8) is 0 Å². The highest BCUT2D eigenvalue weighted by Gasteiger charge is 2.25. The van der Waals surface area contributed by atoms with Crippen LogP contribution < -0.4 is 5.32 Å². The minimum atomic E-state index is 0.0677. The molecule has 3 aromatic rings. The predicted molar refractivity (Wildman–Crippen MR) is 108 cm³/mol. The van der Waals surface area contributed by atoms with Gasteiger partial charge in [0.1, 0.15) is 0 Å². The minimum absolute atomic E-state index is 0.0677. The summed E-state index contributed by atoms with van der Waals surface area (Å²) in [4.78, 5) is 23.6. The Kier molecular flexibility index (Phi) is 5.55. The van der Waals surface area contributed by atoms with Crippen LogP contribution in [0.5, 0.6) is 0 Å². The first-order valence-corrected chi connectivity index (χ1v) is 10.1. The van der Waals surface area contributed by atoms with Crippen molar-refractivity contribution in [1.82, 2.24) is 14.9 Å². The van der Waals surface area contributed by atoms with Gasteiger partial charge in [-0.3, -0.25) is 14.7 Å². The summed E-state index contributed by atoms with van der Waals surface area (Å²) in [6.07, 6.45) is 5.48. The molecule has 0 spiro atoms. The molecule has 2 aromatic heterocycles. The van der Waals surface area contributed by atoms with Gasteiger partial charge in [-0.25, -0.2) is 4.98 Å². The number of hydrogen-bond donors (Lipinski definition) is 1. The van der Waals surface area contributed by atoms with Crippen molar-refractivity contribution in [3.05, 3.63) is 65.2 Å². The number of rotatable bonds is 5. The van der Waals surface area contributed by atoms with Crippen LogP contribution in [0.2, 0.25) is 0 Å². The minimum Gasteiger partial charge on any atom is -0.326 e. The van der Waals surface area contributed by atoms with Gasteiger partial charge < -0.3 is 5.32 Å². The summed E-state index contributed by atoms with van der Waals surface area (Å²) in [5.41, 5.74) is 5.85. The lowest BCUT2D eigenvalue weighted by Crippen LogP contribution is -2.37. The van der Waals surface area contributed by atoms with Crippen molar-refractivity contribution in [2.75, 3.05) is 18.4 Å². The highest BCUT2D eigenvalue weighted by Crippen LogP contribution is 2.24. The van der Waals surface area contributed by atoms with Gasteiger partial charge in [0.25, 0.3) is 0 Å². The second kappa shape index (κ2) is 8.41. The Balaban J connectivity index is 1.31. The van der Waals surface area contributed by atoms with Crippen molar-refractivity contribution in [1.29, 1.82) is 0 Å². The predicted octanol–water partition coefficient (Wildman–Crippen LogP) is 4.06. The second-order valence-electron chi connectivity index (χ2n) is 6.86. The molecule has 27 heavy (non-hydrogen) atoms. The van der Waals surface area contributed by atoms with Gasteiger partial charge in [-0.1, -0.05) is 18.2 Å². The fourth-order valence-electron chi connectivity index (χ4n) is 3.46.